The summed E-state index contributed by atoms with van der Waals surface area (Å²) in [7, 11) is 1.58. The van der Waals surface area contributed by atoms with Gasteiger partial charge in [0.2, 0.25) is 5.91 Å². The van der Waals surface area contributed by atoms with Gasteiger partial charge in [0.15, 0.2) is 0 Å². The summed E-state index contributed by atoms with van der Waals surface area (Å²) in [5.41, 5.74) is 6.27. The third kappa shape index (κ3) is 6.21. The number of aliphatic carboxylic acids is 1. The van der Waals surface area contributed by atoms with Gasteiger partial charge in [-0.3, -0.25) is 14.5 Å². The second-order valence-corrected chi connectivity index (χ2v) is 11.0. The van der Waals surface area contributed by atoms with Crippen LogP contribution in [0.5, 0.6) is 0 Å². The Bertz CT molecular complexity index is 1770. The minimum atomic E-state index is -1.23. The molecule has 0 bridgehead atoms. The Morgan fingerprint density at radius 3 is 2.16 bits per heavy atom. The fraction of sp³-hybridized carbons (Fsp3) is 0.194. The van der Waals surface area contributed by atoms with E-state index >= 15 is 0 Å². The Labute approximate surface area is 251 Å². The predicted molar refractivity (Wildman–Crippen MR) is 170 cm³/mol. The molecule has 0 aliphatic rings. The Balaban J connectivity index is 1.56. The third-order valence-corrected chi connectivity index (χ3v) is 7.88. The number of carboxylic acids is 1. The summed E-state index contributed by atoms with van der Waals surface area (Å²) in [5, 5.41) is 11.5. The van der Waals surface area contributed by atoms with Gasteiger partial charge in [-0.15, -0.1) is 0 Å². The van der Waals surface area contributed by atoms with E-state index in [1.54, 1.807) is 38.4 Å². The highest BCUT2D eigenvalue weighted by atomic mass is 16.4. The Morgan fingerprint density at radius 2 is 1.47 bits per heavy atom. The average Bonchev–Trinajstić information content (AvgIpc) is 3.42. The number of aromatic nitrogens is 1. The van der Waals surface area contributed by atoms with E-state index in [2.05, 4.69) is 4.98 Å². The number of hydrogen-bond donors (Lipinski definition) is 2. The topological polar surface area (TPSA) is 93.7 Å². The van der Waals surface area contributed by atoms with Crippen molar-refractivity contribution < 1.29 is 19.5 Å². The van der Waals surface area contributed by atoms with E-state index in [1.807, 2.05) is 92.7 Å². The number of H-pyrrole nitrogens is 1. The first-order valence-corrected chi connectivity index (χ1v) is 14.3. The lowest BCUT2D eigenvalue weighted by Gasteiger charge is -2.34. The minimum absolute atomic E-state index is 0.0715. The Morgan fingerprint density at radius 1 is 0.814 bits per heavy atom. The van der Waals surface area contributed by atoms with Gasteiger partial charge in [0.05, 0.1) is 0 Å². The number of aromatic amines is 1. The molecule has 0 aliphatic heterocycles. The molecule has 43 heavy (non-hydrogen) atoms. The van der Waals surface area contributed by atoms with E-state index in [-0.39, 0.29) is 12.3 Å². The highest BCUT2D eigenvalue weighted by Gasteiger charge is 2.37. The summed E-state index contributed by atoms with van der Waals surface area (Å²) in [6.45, 7) is 5.48. The highest BCUT2D eigenvalue weighted by molar-refractivity contribution is 6.05. The van der Waals surface area contributed by atoms with Crippen LogP contribution in [0, 0.1) is 13.8 Å². The number of rotatable bonds is 9. The first-order chi connectivity index (χ1) is 20.6. The summed E-state index contributed by atoms with van der Waals surface area (Å²) >= 11 is 0. The lowest BCUT2D eigenvalue weighted by molar-refractivity contribution is -0.140. The molecule has 0 saturated carbocycles. The standard InChI is InChI=1S/C36H35N3O4/c1-23-17-24(2)19-28(18-23)35(41)38(4)25(3)34(40)39(30-14-10-13-27(20-30)26-11-6-5-7-12-26)33(36(42)43)21-29-22-37-32-16-9-8-15-31(29)32/h5-20,22,25,33,37H,21H2,1-4H3,(H,42,43)/t25-,33-/m0/s1. The fourth-order valence-corrected chi connectivity index (χ4v) is 5.57. The molecule has 5 aromatic rings. The van der Waals surface area contributed by atoms with E-state index < -0.39 is 24.0 Å². The van der Waals surface area contributed by atoms with Crippen LogP contribution in [0.15, 0.2) is 103 Å². The summed E-state index contributed by atoms with van der Waals surface area (Å²) in [6.07, 6.45) is 1.87. The zero-order valence-corrected chi connectivity index (χ0v) is 24.7. The smallest absolute Gasteiger partial charge is 0.327 e. The Kier molecular flexibility index (Phi) is 8.44. The maximum Gasteiger partial charge on any atom is 0.327 e. The van der Waals surface area contributed by atoms with Crippen LogP contribution in [0.2, 0.25) is 0 Å². The van der Waals surface area contributed by atoms with Gasteiger partial charge in [-0.25, -0.2) is 4.79 Å². The van der Waals surface area contributed by atoms with Gasteiger partial charge < -0.3 is 15.0 Å². The number of nitrogens with one attached hydrogen (secondary N) is 1. The van der Waals surface area contributed by atoms with E-state index in [4.69, 9.17) is 0 Å². The molecule has 1 heterocycles. The van der Waals surface area contributed by atoms with Crippen LogP contribution >= 0.6 is 0 Å². The molecule has 2 amide bonds. The first kappa shape index (κ1) is 29.3. The number of hydrogen-bond acceptors (Lipinski definition) is 3. The lowest BCUT2D eigenvalue weighted by Crippen LogP contribution is -2.54. The van der Waals surface area contributed by atoms with Crippen LogP contribution in [0.25, 0.3) is 22.0 Å². The van der Waals surface area contributed by atoms with Gasteiger partial charge in [0, 0.05) is 41.8 Å². The van der Waals surface area contributed by atoms with Crippen molar-refractivity contribution in [3.05, 3.63) is 126 Å². The lowest BCUT2D eigenvalue weighted by atomic mass is 10.00. The number of aryl methyl sites for hydroxylation is 2. The molecule has 0 aliphatic carbocycles. The van der Waals surface area contributed by atoms with Gasteiger partial charge in [0.1, 0.15) is 12.1 Å². The Hall–Kier alpha value is -5.17. The van der Waals surface area contributed by atoms with Gasteiger partial charge in [0.25, 0.3) is 5.91 Å². The maximum atomic E-state index is 14.4. The summed E-state index contributed by atoms with van der Waals surface area (Å²) in [4.78, 5) is 46.8. The zero-order valence-electron chi connectivity index (χ0n) is 24.7. The number of carboxylic acid groups (broad SMARTS) is 1. The van der Waals surface area contributed by atoms with E-state index in [1.165, 1.54) is 9.80 Å². The van der Waals surface area contributed by atoms with Crippen LogP contribution in [-0.2, 0) is 16.0 Å². The normalized spacial score (nSPS) is 12.5. The summed E-state index contributed by atoms with van der Waals surface area (Å²) < 4.78 is 0. The quantitative estimate of drug-likeness (QED) is 0.207. The van der Waals surface area contributed by atoms with E-state index in [0.29, 0.717) is 11.3 Å². The molecule has 218 valence electrons. The number of anilines is 1. The number of carbonyl (C=O) groups is 3. The molecule has 0 unspecified atom stereocenters. The van der Waals surface area contributed by atoms with Crippen LogP contribution in [-0.4, -0.2) is 51.9 Å². The van der Waals surface area contributed by atoms with Crippen molar-refractivity contribution in [2.75, 3.05) is 11.9 Å². The van der Waals surface area contributed by atoms with Crippen molar-refractivity contribution in [2.24, 2.45) is 0 Å². The molecule has 0 saturated heterocycles. The second-order valence-electron chi connectivity index (χ2n) is 11.0. The van der Waals surface area contributed by atoms with Crippen molar-refractivity contribution in [3.63, 3.8) is 0 Å². The molecule has 0 radical (unpaired) electrons. The number of amides is 2. The van der Waals surface area contributed by atoms with Crippen LogP contribution in [0.4, 0.5) is 5.69 Å². The number of fused-ring (bicyclic) bond motifs is 1. The molecule has 0 spiro atoms. The van der Waals surface area contributed by atoms with Crippen molar-refractivity contribution in [1.29, 1.82) is 0 Å². The van der Waals surface area contributed by atoms with Crippen molar-refractivity contribution in [2.45, 2.75) is 39.3 Å². The number of carbonyl (C=O) groups excluding carboxylic acids is 2. The largest absolute Gasteiger partial charge is 0.480 e. The van der Waals surface area contributed by atoms with Gasteiger partial charge in [-0.1, -0.05) is 77.9 Å². The van der Waals surface area contributed by atoms with Crippen LogP contribution in [0.1, 0.15) is 34.0 Å². The molecule has 0 fully saturated rings. The SMILES string of the molecule is Cc1cc(C)cc(C(=O)N(C)[C@@H](C)C(=O)N(c2cccc(-c3ccccc3)c2)[C@@H](Cc2c[nH]c3ccccc23)C(=O)O)c1. The maximum absolute atomic E-state index is 14.4. The van der Waals surface area contributed by atoms with Crippen molar-refractivity contribution in [3.8, 4) is 11.1 Å². The summed E-state index contributed by atoms with van der Waals surface area (Å²) in [6, 6.07) is 28.1. The van der Waals surface area contributed by atoms with Gasteiger partial charge in [-0.2, -0.15) is 0 Å². The van der Waals surface area contributed by atoms with Crippen LogP contribution in [0.3, 0.4) is 0 Å². The molecule has 2 N–H and O–H groups in total. The second kappa shape index (κ2) is 12.4. The molecule has 4 aromatic carbocycles. The zero-order chi connectivity index (χ0) is 30.7. The molecule has 5 rings (SSSR count). The van der Waals surface area contributed by atoms with Crippen molar-refractivity contribution >= 4 is 34.4 Å². The predicted octanol–water partition coefficient (Wildman–Crippen LogP) is 6.64. The molecule has 2 atom stereocenters. The fourth-order valence-electron chi connectivity index (χ4n) is 5.57. The number of likely N-dealkylation sites (N-methyl/N-ethyl adjacent to an activating group) is 1. The van der Waals surface area contributed by atoms with Gasteiger partial charge in [-0.05, 0) is 67.8 Å². The average molecular weight is 574 g/mol. The molecular weight excluding hydrogens is 538 g/mol. The number of benzene rings is 4. The first-order valence-electron chi connectivity index (χ1n) is 14.3. The molecule has 7 nitrogen and oxygen atoms in total. The number of nitrogens with zero attached hydrogens (tertiary/aromatic N) is 2. The highest BCUT2D eigenvalue weighted by Crippen LogP contribution is 2.29. The van der Waals surface area contributed by atoms with Crippen LogP contribution < -0.4 is 4.90 Å². The summed E-state index contributed by atoms with van der Waals surface area (Å²) in [5.74, 6) is -1.94. The molecular formula is C36H35N3O4. The van der Waals surface area contributed by atoms with E-state index in [0.717, 1.165) is 38.7 Å². The molecule has 1 aromatic heterocycles. The monoisotopic (exact) mass is 573 g/mol. The van der Waals surface area contributed by atoms with E-state index in [9.17, 15) is 19.5 Å². The van der Waals surface area contributed by atoms with Crippen molar-refractivity contribution in [1.82, 2.24) is 9.88 Å². The number of para-hydroxylation sites is 1. The van der Waals surface area contributed by atoms with Gasteiger partial charge >= 0.3 is 5.97 Å². The third-order valence-electron chi connectivity index (χ3n) is 7.88. The molecule has 7 heteroatoms. The minimum Gasteiger partial charge on any atom is -0.480 e.